The number of nitrogens with one attached hydrogen (secondary N) is 1. The molecule has 0 unspecified atom stereocenters. The molecular weight excluding hydrogens is 312 g/mol. The van der Waals surface area contributed by atoms with Crippen molar-refractivity contribution in [2.75, 3.05) is 0 Å². The maximum atomic E-state index is 12.0. The molecular formula is C17H12N2O5. The summed E-state index contributed by atoms with van der Waals surface area (Å²) in [6, 6.07) is 14.0. The minimum Gasteiger partial charge on any atom is -0.457 e. The third-order valence-electron chi connectivity index (χ3n) is 3.50. The molecule has 2 aromatic carbocycles. The number of non-ortho nitro benzene ring substituents is 1. The van der Waals surface area contributed by atoms with E-state index in [0.29, 0.717) is 11.1 Å². The summed E-state index contributed by atoms with van der Waals surface area (Å²) >= 11 is 0. The van der Waals surface area contributed by atoms with E-state index in [2.05, 4.69) is 4.98 Å². The number of carbonyl (C=O) groups excluding carboxylic acids is 1. The van der Waals surface area contributed by atoms with Gasteiger partial charge in [0.05, 0.1) is 16.1 Å². The number of para-hydroxylation sites is 1. The van der Waals surface area contributed by atoms with Gasteiger partial charge in [0.2, 0.25) is 0 Å². The number of benzene rings is 2. The van der Waals surface area contributed by atoms with Crippen LogP contribution in [0.25, 0.3) is 10.9 Å². The van der Waals surface area contributed by atoms with E-state index in [1.807, 2.05) is 18.2 Å². The van der Waals surface area contributed by atoms with Crippen molar-refractivity contribution >= 4 is 22.6 Å². The van der Waals surface area contributed by atoms with Crippen LogP contribution in [0.5, 0.6) is 0 Å². The van der Waals surface area contributed by atoms with Gasteiger partial charge in [-0.25, -0.2) is 4.79 Å². The Hall–Kier alpha value is -3.48. The second-order valence-corrected chi connectivity index (χ2v) is 5.09. The molecule has 0 aliphatic heterocycles. The van der Waals surface area contributed by atoms with Crippen molar-refractivity contribution in [2.24, 2.45) is 0 Å². The Labute approximate surface area is 135 Å². The predicted octanol–water partition coefficient (Wildman–Crippen LogP) is 2.79. The predicted molar refractivity (Wildman–Crippen MR) is 86.8 cm³/mol. The van der Waals surface area contributed by atoms with Crippen LogP contribution in [0.15, 0.2) is 59.4 Å². The Kier molecular flexibility index (Phi) is 4.07. The summed E-state index contributed by atoms with van der Waals surface area (Å²) in [6.07, 6.45) is 0. The molecule has 0 atom stereocenters. The second-order valence-electron chi connectivity index (χ2n) is 5.09. The van der Waals surface area contributed by atoms with Gasteiger partial charge in [-0.2, -0.15) is 0 Å². The van der Waals surface area contributed by atoms with Crippen LogP contribution in [0.4, 0.5) is 5.69 Å². The molecule has 1 heterocycles. The highest BCUT2D eigenvalue weighted by molar-refractivity contribution is 5.89. The lowest BCUT2D eigenvalue weighted by molar-refractivity contribution is -0.384. The minimum atomic E-state index is -0.655. The van der Waals surface area contributed by atoms with Gasteiger partial charge in [-0.15, -0.1) is 0 Å². The summed E-state index contributed by atoms with van der Waals surface area (Å²) in [5.41, 5.74) is 0.762. The van der Waals surface area contributed by atoms with Gasteiger partial charge >= 0.3 is 5.97 Å². The van der Waals surface area contributed by atoms with Crippen LogP contribution >= 0.6 is 0 Å². The van der Waals surface area contributed by atoms with Crippen molar-refractivity contribution in [1.82, 2.24) is 4.98 Å². The molecule has 0 saturated carbocycles. The van der Waals surface area contributed by atoms with Gasteiger partial charge in [-0.05, 0) is 29.7 Å². The SMILES string of the molecule is O=C(OCc1cc2ccccc2[nH]c1=O)c1ccc([N+](=O)[O-])cc1. The fourth-order valence-electron chi connectivity index (χ4n) is 2.25. The van der Waals surface area contributed by atoms with Crippen LogP contribution in [0.1, 0.15) is 15.9 Å². The highest BCUT2D eigenvalue weighted by Gasteiger charge is 2.12. The van der Waals surface area contributed by atoms with E-state index in [1.165, 1.54) is 24.3 Å². The number of nitro benzene ring substituents is 1. The average Bonchev–Trinajstić information content (AvgIpc) is 2.59. The Bertz CT molecular complexity index is 976. The van der Waals surface area contributed by atoms with Gasteiger partial charge in [0.1, 0.15) is 6.61 Å². The number of aromatic amines is 1. The number of H-pyrrole nitrogens is 1. The fourth-order valence-corrected chi connectivity index (χ4v) is 2.25. The van der Waals surface area contributed by atoms with Gasteiger partial charge in [-0.3, -0.25) is 14.9 Å². The largest absolute Gasteiger partial charge is 0.457 e. The zero-order chi connectivity index (χ0) is 17.1. The van der Waals surface area contributed by atoms with Crippen LogP contribution in [0, 0.1) is 10.1 Å². The van der Waals surface area contributed by atoms with E-state index in [1.54, 1.807) is 12.1 Å². The van der Waals surface area contributed by atoms with Crippen molar-refractivity contribution in [2.45, 2.75) is 6.61 Å². The second kappa shape index (κ2) is 6.33. The van der Waals surface area contributed by atoms with E-state index in [0.717, 1.165) is 5.39 Å². The van der Waals surface area contributed by atoms with Crippen LogP contribution in [0.3, 0.4) is 0 Å². The number of pyridine rings is 1. The summed E-state index contributed by atoms with van der Waals surface area (Å²) in [7, 11) is 0. The lowest BCUT2D eigenvalue weighted by Crippen LogP contribution is -2.15. The fraction of sp³-hybridized carbons (Fsp3) is 0.0588. The molecule has 24 heavy (non-hydrogen) atoms. The van der Waals surface area contributed by atoms with Crippen molar-refractivity contribution in [3.8, 4) is 0 Å². The van der Waals surface area contributed by atoms with Gasteiger partial charge in [0, 0.05) is 17.6 Å². The van der Waals surface area contributed by atoms with E-state index < -0.39 is 10.9 Å². The van der Waals surface area contributed by atoms with Crippen molar-refractivity contribution in [3.05, 3.63) is 86.2 Å². The monoisotopic (exact) mass is 324 g/mol. The first-order chi connectivity index (χ1) is 11.5. The van der Waals surface area contributed by atoms with Crippen LogP contribution in [-0.4, -0.2) is 15.9 Å². The minimum absolute atomic E-state index is 0.113. The summed E-state index contributed by atoms with van der Waals surface area (Å²) in [6.45, 7) is -0.185. The molecule has 0 radical (unpaired) electrons. The highest BCUT2D eigenvalue weighted by Crippen LogP contribution is 2.14. The lowest BCUT2D eigenvalue weighted by atomic mass is 10.1. The molecule has 7 heteroatoms. The lowest BCUT2D eigenvalue weighted by Gasteiger charge is -2.06. The molecule has 0 amide bonds. The molecule has 0 saturated heterocycles. The van der Waals surface area contributed by atoms with E-state index >= 15 is 0 Å². The molecule has 1 N–H and O–H groups in total. The van der Waals surface area contributed by atoms with Crippen molar-refractivity contribution in [1.29, 1.82) is 0 Å². The number of rotatable bonds is 4. The summed E-state index contributed by atoms with van der Waals surface area (Å²) < 4.78 is 5.12. The highest BCUT2D eigenvalue weighted by atomic mass is 16.6. The Morgan fingerprint density at radius 2 is 1.83 bits per heavy atom. The van der Waals surface area contributed by atoms with Gasteiger partial charge in [-0.1, -0.05) is 18.2 Å². The molecule has 0 aliphatic rings. The van der Waals surface area contributed by atoms with Gasteiger partial charge in [0.15, 0.2) is 0 Å². The smallest absolute Gasteiger partial charge is 0.338 e. The standard InChI is InChI=1S/C17H12N2O5/c20-16-13(9-12-3-1-2-4-15(12)18-16)10-24-17(21)11-5-7-14(8-6-11)19(22)23/h1-9H,10H2,(H,18,20). The molecule has 0 bridgehead atoms. The first-order valence-electron chi connectivity index (χ1n) is 7.07. The molecule has 120 valence electrons. The molecule has 3 aromatic rings. The number of aromatic nitrogens is 1. The third-order valence-corrected chi connectivity index (χ3v) is 3.50. The van der Waals surface area contributed by atoms with E-state index in [-0.39, 0.29) is 23.4 Å². The Morgan fingerprint density at radius 1 is 1.12 bits per heavy atom. The molecule has 7 nitrogen and oxygen atoms in total. The summed E-state index contributed by atoms with van der Waals surface area (Å²) in [4.78, 5) is 36.7. The Balaban J connectivity index is 1.75. The van der Waals surface area contributed by atoms with Crippen LogP contribution in [-0.2, 0) is 11.3 Å². The zero-order valence-corrected chi connectivity index (χ0v) is 12.4. The summed E-state index contributed by atoms with van der Waals surface area (Å²) in [5.74, 6) is -0.655. The number of hydrogen-bond acceptors (Lipinski definition) is 5. The number of esters is 1. The molecule has 0 spiro atoms. The van der Waals surface area contributed by atoms with Crippen molar-refractivity contribution < 1.29 is 14.5 Å². The normalized spacial score (nSPS) is 10.5. The molecule has 0 fully saturated rings. The maximum absolute atomic E-state index is 12.0. The zero-order valence-electron chi connectivity index (χ0n) is 12.4. The number of nitro groups is 1. The Morgan fingerprint density at radius 3 is 2.54 bits per heavy atom. The number of nitrogens with zero attached hydrogens (tertiary/aromatic N) is 1. The van der Waals surface area contributed by atoms with Crippen LogP contribution < -0.4 is 5.56 Å². The van der Waals surface area contributed by atoms with E-state index in [4.69, 9.17) is 4.74 Å². The quantitative estimate of drug-likeness (QED) is 0.451. The maximum Gasteiger partial charge on any atom is 0.338 e. The van der Waals surface area contributed by atoms with Gasteiger partial charge in [0.25, 0.3) is 11.2 Å². The van der Waals surface area contributed by atoms with E-state index in [9.17, 15) is 19.7 Å². The summed E-state index contributed by atoms with van der Waals surface area (Å²) in [5, 5.41) is 11.4. The number of ether oxygens (including phenoxy) is 1. The number of fused-ring (bicyclic) bond motifs is 1. The topological polar surface area (TPSA) is 102 Å². The first kappa shape index (κ1) is 15.4. The molecule has 1 aromatic heterocycles. The van der Waals surface area contributed by atoms with Crippen molar-refractivity contribution in [3.63, 3.8) is 0 Å². The average molecular weight is 324 g/mol. The van der Waals surface area contributed by atoms with Crippen LogP contribution in [0.2, 0.25) is 0 Å². The third kappa shape index (κ3) is 3.14. The first-order valence-corrected chi connectivity index (χ1v) is 7.07. The van der Waals surface area contributed by atoms with Gasteiger partial charge < -0.3 is 9.72 Å². The molecule has 3 rings (SSSR count). The molecule has 0 aliphatic carbocycles. The number of hydrogen-bond donors (Lipinski definition) is 1. The number of carbonyl (C=O) groups is 1.